The van der Waals surface area contributed by atoms with Crippen LogP contribution in [-0.2, 0) is 11.2 Å². The zero-order valence-corrected chi connectivity index (χ0v) is 7.46. The molecular weight excluding hydrogens is 183 g/mol. The van der Waals surface area contributed by atoms with Crippen molar-refractivity contribution in [1.82, 2.24) is 0 Å². The zero-order chi connectivity index (χ0) is 10.1. The number of carboxylic acid groups (broad SMARTS) is 1. The molecule has 0 unspecified atom stereocenters. The van der Waals surface area contributed by atoms with E-state index in [2.05, 4.69) is 0 Å². The first-order valence-corrected chi connectivity index (χ1v) is 4.40. The van der Waals surface area contributed by atoms with E-state index < -0.39 is 5.97 Å². The van der Waals surface area contributed by atoms with Crippen LogP contribution in [0, 0.1) is 5.82 Å². The minimum absolute atomic E-state index is 0.240. The van der Waals surface area contributed by atoms with Crippen LogP contribution in [0.15, 0.2) is 24.3 Å². The summed E-state index contributed by atoms with van der Waals surface area (Å²) in [5.74, 6) is -1.21. The number of rotatable bonds is 1. The third kappa shape index (κ3) is 1.41. The molecule has 1 aliphatic rings. The molecule has 72 valence electrons. The molecule has 2 nitrogen and oxygen atoms in total. The van der Waals surface area contributed by atoms with Crippen LogP contribution in [0.1, 0.15) is 17.5 Å². The molecule has 0 fully saturated rings. The number of benzene rings is 1. The van der Waals surface area contributed by atoms with E-state index in [1.54, 1.807) is 12.1 Å². The van der Waals surface area contributed by atoms with Gasteiger partial charge in [0, 0.05) is 6.08 Å². The molecule has 0 spiro atoms. The number of hydrogen-bond donors (Lipinski definition) is 1. The van der Waals surface area contributed by atoms with E-state index in [4.69, 9.17) is 5.11 Å². The van der Waals surface area contributed by atoms with E-state index in [0.717, 1.165) is 11.6 Å². The Morgan fingerprint density at radius 2 is 2.21 bits per heavy atom. The minimum Gasteiger partial charge on any atom is -0.478 e. The standard InChI is InChI=1S/C11H9FO2/c12-10-3-1-2-8-7(6-11(13)14)4-5-9(8)10/h1-3,6H,4-5H2,(H,13,14)/b7-6-. The van der Waals surface area contributed by atoms with Crippen molar-refractivity contribution >= 4 is 11.5 Å². The highest BCUT2D eigenvalue weighted by Crippen LogP contribution is 2.33. The maximum absolute atomic E-state index is 13.2. The van der Waals surface area contributed by atoms with Crippen LogP contribution < -0.4 is 0 Å². The molecule has 1 aromatic rings. The SMILES string of the molecule is O=C(O)/C=C1/CCc2c(F)cccc21. The van der Waals surface area contributed by atoms with Crippen molar-refractivity contribution in [2.75, 3.05) is 0 Å². The van der Waals surface area contributed by atoms with Gasteiger partial charge in [-0.25, -0.2) is 9.18 Å². The lowest BCUT2D eigenvalue weighted by Gasteiger charge is -1.99. The van der Waals surface area contributed by atoms with Gasteiger partial charge in [0.05, 0.1) is 0 Å². The molecule has 0 radical (unpaired) electrons. The summed E-state index contributed by atoms with van der Waals surface area (Å²) >= 11 is 0. The summed E-state index contributed by atoms with van der Waals surface area (Å²) < 4.78 is 13.2. The Hall–Kier alpha value is -1.64. The number of hydrogen-bond acceptors (Lipinski definition) is 1. The van der Waals surface area contributed by atoms with E-state index in [9.17, 15) is 9.18 Å². The second kappa shape index (κ2) is 3.25. The van der Waals surface area contributed by atoms with E-state index in [0.29, 0.717) is 24.0 Å². The lowest BCUT2D eigenvalue weighted by Crippen LogP contribution is -1.90. The van der Waals surface area contributed by atoms with Crippen LogP contribution in [0.2, 0.25) is 0 Å². The van der Waals surface area contributed by atoms with Gasteiger partial charge in [-0.05, 0) is 35.6 Å². The molecule has 0 aromatic heterocycles. The first-order chi connectivity index (χ1) is 6.68. The molecule has 1 aliphatic carbocycles. The van der Waals surface area contributed by atoms with E-state index in [1.807, 2.05) is 0 Å². The predicted molar refractivity (Wildman–Crippen MR) is 50.3 cm³/mol. The zero-order valence-electron chi connectivity index (χ0n) is 7.46. The van der Waals surface area contributed by atoms with Gasteiger partial charge in [0.1, 0.15) is 5.82 Å². The summed E-state index contributed by atoms with van der Waals surface area (Å²) in [7, 11) is 0. The van der Waals surface area contributed by atoms with Crippen LogP contribution in [-0.4, -0.2) is 11.1 Å². The summed E-state index contributed by atoms with van der Waals surface area (Å²) in [5.41, 5.74) is 2.10. The summed E-state index contributed by atoms with van der Waals surface area (Å²) in [6.07, 6.45) is 2.37. The predicted octanol–water partition coefficient (Wildman–Crippen LogP) is 2.24. The summed E-state index contributed by atoms with van der Waals surface area (Å²) in [4.78, 5) is 10.5. The summed E-state index contributed by atoms with van der Waals surface area (Å²) in [6, 6.07) is 4.78. The molecule has 0 aliphatic heterocycles. The Bertz CT molecular complexity index is 421. The topological polar surface area (TPSA) is 37.3 Å². The Morgan fingerprint density at radius 1 is 1.43 bits per heavy atom. The maximum atomic E-state index is 13.2. The highest BCUT2D eigenvalue weighted by atomic mass is 19.1. The Kier molecular flexibility index (Phi) is 2.08. The molecule has 0 saturated carbocycles. The quantitative estimate of drug-likeness (QED) is 0.693. The van der Waals surface area contributed by atoms with Gasteiger partial charge in [0.25, 0.3) is 0 Å². The smallest absolute Gasteiger partial charge is 0.328 e. The number of fused-ring (bicyclic) bond motifs is 1. The molecule has 3 heteroatoms. The molecule has 0 atom stereocenters. The normalized spacial score (nSPS) is 17.1. The van der Waals surface area contributed by atoms with Crippen molar-refractivity contribution in [3.8, 4) is 0 Å². The summed E-state index contributed by atoms with van der Waals surface area (Å²) in [6.45, 7) is 0. The molecule has 0 heterocycles. The van der Waals surface area contributed by atoms with Crippen molar-refractivity contribution in [3.05, 3.63) is 41.2 Å². The van der Waals surface area contributed by atoms with Crippen molar-refractivity contribution < 1.29 is 14.3 Å². The molecule has 2 rings (SSSR count). The maximum Gasteiger partial charge on any atom is 0.328 e. The fourth-order valence-corrected chi connectivity index (χ4v) is 1.81. The fraction of sp³-hybridized carbons (Fsp3) is 0.182. The Labute approximate surface area is 80.7 Å². The molecule has 0 bridgehead atoms. The van der Waals surface area contributed by atoms with Gasteiger partial charge in [0.2, 0.25) is 0 Å². The van der Waals surface area contributed by atoms with Crippen molar-refractivity contribution in [3.63, 3.8) is 0 Å². The highest BCUT2D eigenvalue weighted by molar-refractivity contribution is 5.91. The Morgan fingerprint density at radius 3 is 2.93 bits per heavy atom. The van der Waals surface area contributed by atoms with Crippen LogP contribution in [0.4, 0.5) is 4.39 Å². The third-order valence-corrected chi connectivity index (χ3v) is 2.41. The molecule has 0 amide bonds. The molecular formula is C11H9FO2. The third-order valence-electron chi connectivity index (χ3n) is 2.41. The lowest BCUT2D eigenvalue weighted by molar-refractivity contribution is -0.131. The number of allylic oxidation sites excluding steroid dienone is 1. The van der Waals surface area contributed by atoms with Gasteiger partial charge in [-0.2, -0.15) is 0 Å². The summed E-state index contributed by atoms with van der Waals surface area (Å²) in [5, 5.41) is 8.60. The van der Waals surface area contributed by atoms with Crippen molar-refractivity contribution in [2.45, 2.75) is 12.8 Å². The number of aliphatic carboxylic acids is 1. The Balaban J connectivity index is 2.50. The van der Waals surface area contributed by atoms with Gasteiger partial charge < -0.3 is 5.11 Å². The van der Waals surface area contributed by atoms with Crippen LogP contribution in [0.25, 0.3) is 5.57 Å². The average Bonchev–Trinajstić information content (AvgIpc) is 2.49. The van der Waals surface area contributed by atoms with Gasteiger partial charge >= 0.3 is 5.97 Å². The van der Waals surface area contributed by atoms with Crippen LogP contribution >= 0.6 is 0 Å². The molecule has 1 N–H and O–H groups in total. The number of carbonyl (C=O) groups is 1. The fourth-order valence-electron chi connectivity index (χ4n) is 1.81. The average molecular weight is 192 g/mol. The molecule has 1 aromatic carbocycles. The molecule has 14 heavy (non-hydrogen) atoms. The van der Waals surface area contributed by atoms with Crippen LogP contribution in [0.5, 0.6) is 0 Å². The van der Waals surface area contributed by atoms with Gasteiger partial charge in [0.15, 0.2) is 0 Å². The second-order valence-corrected chi connectivity index (χ2v) is 3.27. The van der Waals surface area contributed by atoms with E-state index in [1.165, 1.54) is 6.07 Å². The van der Waals surface area contributed by atoms with E-state index >= 15 is 0 Å². The number of halogens is 1. The van der Waals surface area contributed by atoms with Crippen molar-refractivity contribution in [2.24, 2.45) is 0 Å². The van der Waals surface area contributed by atoms with Gasteiger partial charge in [-0.15, -0.1) is 0 Å². The first kappa shape index (κ1) is 8.94. The van der Waals surface area contributed by atoms with Crippen molar-refractivity contribution in [1.29, 1.82) is 0 Å². The first-order valence-electron chi connectivity index (χ1n) is 4.40. The lowest BCUT2D eigenvalue weighted by atomic mass is 10.1. The largest absolute Gasteiger partial charge is 0.478 e. The molecule has 0 saturated heterocycles. The highest BCUT2D eigenvalue weighted by Gasteiger charge is 2.19. The van der Waals surface area contributed by atoms with Crippen LogP contribution in [0.3, 0.4) is 0 Å². The van der Waals surface area contributed by atoms with Gasteiger partial charge in [-0.1, -0.05) is 12.1 Å². The minimum atomic E-state index is -0.975. The second-order valence-electron chi connectivity index (χ2n) is 3.27. The number of carboxylic acids is 1. The monoisotopic (exact) mass is 192 g/mol. The van der Waals surface area contributed by atoms with Gasteiger partial charge in [-0.3, -0.25) is 0 Å². The van der Waals surface area contributed by atoms with E-state index in [-0.39, 0.29) is 5.82 Å².